The molecular formula is C30H44ClO2PPd. The number of halogens is 1. The predicted octanol–water partition coefficient (Wildman–Crippen LogP) is 9.68. The molecule has 0 aromatic heterocycles. The molecule has 2 nitrogen and oxygen atoms in total. The Kier molecular flexibility index (Phi) is 10.3. The first kappa shape index (κ1) is 27.7. The minimum atomic E-state index is -0.268. The van der Waals surface area contributed by atoms with Crippen LogP contribution in [0.3, 0.4) is 0 Å². The summed E-state index contributed by atoms with van der Waals surface area (Å²) in [7, 11) is 6.97. The molecule has 1 aromatic carbocycles. The molecule has 1 aromatic rings. The SMILES string of the molecule is CC(C)Oc1cccc(OC(C)C)c1C1=CC=CC[C]1([Pd][Cl])P(C1CCCCC1)C1CCCCC1. The summed E-state index contributed by atoms with van der Waals surface area (Å²) in [5, 5.41) is 0. The quantitative estimate of drug-likeness (QED) is 0.205. The molecule has 2 fully saturated rings. The Morgan fingerprint density at radius 1 is 0.857 bits per heavy atom. The second-order valence-corrected chi connectivity index (χ2v) is 16.9. The van der Waals surface area contributed by atoms with Crippen molar-refractivity contribution in [1.82, 2.24) is 0 Å². The van der Waals surface area contributed by atoms with Crippen LogP contribution in [0, 0.1) is 0 Å². The van der Waals surface area contributed by atoms with Crippen molar-refractivity contribution < 1.29 is 26.4 Å². The van der Waals surface area contributed by atoms with Gasteiger partial charge in [0.1, 0.15) is 0 Å². The minimum absolute atomic E-state index is 0.0234. The molecule has 0 radical (unpaired) electrons. The summed E-state index contributed by atoms with van der Waals surface area (Å²) in [6.07, 6.45) is 22.3. The molecule has 0 N–H and O–H groups in total. The van der Waals surface area contributed by atoms with Gasteiger partial charge < -0.3 is 0 Å². The van der Waals surface area contributed by atoms with Crippen LogP contribution in [0.25, 0.3) is 5.57 Å². The zero-order valence-corrected chi connectivity index (χ0v) is 25.2. The first-order chi connectivity index (χ1) is 17.0. The van der Waals surface area contributed by atoms with E-state index in [0.29, 0.717) is 0 Å². The van der Waals surface area contributed by atoms with Gasteiger partial charge in [0.25, 0.3) is 0 Å². The van der Waals surface area contributed by atoms with Crippen LogP contribution in [0.2, 0.25) is 0 Å². The van der Waals surface area contributed by atoms with Gasteiger partial charge in [0.05, 0.1) is 0 Å². The van der Waals surface area contributed by atoms with Gasteiger partial charge in [-0.05, 0) is 0 Å². The maximum atomic E-state index is 7.24. The zero-order chi connectivity index (χ0) is 24.8. The Balaban J connectivity index is 1.87. The molecule has 0 aliphatic heterocycles. The Bertz CT molecular complexity index is 840. The molecule has 198 valence electrons. The Hall–Kier alpha value is -0.318. The van der Waals surface area contributed by atoms with Crippen molar-refractivity contribution in [2.75, 3.05) is 0 Å². The van der Waals surface area contributed by atoms with E-state index in [1.54, 1.807) is 0 Å². The van der Waals surface area contributed by atoms with E-state index in [1.807, 2.05) is 0 Å². The van der Waals surface area contributed by atoms with Gasteiger partial charge in [-0.3, -0.25) is 0 Å². The van der Waals surface area contributed by atoms with Crippen LogP contribution in [0.15, 0.2) is 36.4 Å². The predicted molar refractivity (Wildman–Crippen MR) is 149 cm³/mol. The Labute approximate surface area is 227 Å². The van der Waals surface area contributed by atoms with Crippen LogP contribution in [-0.4, -0.2) is 27.2 Å². The number of benzene rings is 1. The van der Waals surface area contributed by atoms with Gasteiger partial charge in [0.2, 0.25) is 0 Å². The second-order valence-electron chi connectivity index (χ2n) is 10.9. The van der Waals surface area contributed by atoms with Gasteiger partial charge in [-0.1, -0.05) is 0 Å². The van der Waals surface area contributed by atoms with E-state index in [4.69, 9.17) is 19.0 Å². The number of ether oxygens (including phenoxy) is 2. The van der Waals surface area contributed by atoms with E-state index in [2.05, 4.69) is 64.1 Å². The molecule has 0 heterocycles. The van der Waals surface area contributed by atoms with Crippen LogP contribution < -0.4 is 9.47 Å². The topological polar surface area (TPSA) is 18.5 Å². The molecule has 1 atom stereocenters. The summed E-state index contributed by atoms with van der Waals surface area (Å²) < 4.78 is 12.9. The van der Waals surface area contributed by atoms with Crippen molar-refractivity contribution in [1.29, 1.82) is 0 Å². The molecular weight excluding hydrogens is 565 g/mol. The van der Waals surface area contributed by atoms with Crippen LogP contribution in [-0.2, 0) is 17.0 Å². The number of hydrogen-bond acceptors (Lipinski definition) is 2. The van der Waals surface area contributed by atoms with Gasteiger partial charge in [0, 0.05) is 0 Å². The molecule has 0 amide bonds. The summed E-state index contributed by atoms with van der Waals surface area (Å²) >= 11 is 0.117. The van der Waals surface area contributed by atoms with E-state index in [-0.39, 0.29) is 40.7 Å². The van der Waals surface area contributed by atoms with E-state index in [0.717, 1.165) is 34.8 Å². The van der Waals surface area contributed by atoms with E-state index in [1.165, 1.54) is 69.8 Å². The summed E-state index contributed by atoms with van der Waals surface area (Å²) in [4.78, 5) is 0. The molecule has 3 aliphatic rings. The maximum absolute atomic E-state index is 7.24. The third-order valence-electron chi connectivity index (χ3n) is 7.58. The van der Waals surface area contributed by atoms with Gasteiger partial charge in [-0.25, -0.2) is 0 Å². The zero-order valence-electron chi connectivity index (χ0n) is 22.0. The molecule has 5 heteroatoms. The van der Waals surface area contributed by atoms with Crippen molar-refractivity contribution in [2.24, 2.45) is 0 Å². The van der Waals surface area contributed by atoms with E-state index < -0.39 is 0 Å². The van der Waals surface area contributed by atoms with Gasteiger partial charge in [-0.15, -0.1) is 0 Å². The molecule has 0 saturated heterocycles. The summed E-state index contributed by atoms with van der Waals surface area (Å²) in [5.74, 6) is 1.90. The monoisotopic (exact) mass is 608 g/mol. The van der Waals surface area contributed by atoms with Crippen LogP contribution in [0.5, 0.6) is 11.5 Å². The summed E-state index contributed by atoms with van der Waals surface area (Å²) in [6, 6.07) is 6.35. The van der Waals surface area contributed by atoms with Crippen molar-refractivity contribution in [3.63, 3.8) is 0 Å². The second kappa shape index (κ2) is 13.0. The molecule has 1 unspecified atom stereocenters. The van der Waals surface area contributed by atoms with E-state index in [9.17, 15) is 0 Å². The van der Waals surface area contributed by atoms with Gasteiger partial charge in [-0.2, -0.15) is 0 Å². The summed E-state index contributed by atoms with van der Waals surface area (Å²) in [5.41, 5.74) is 4.24. The van der Waals surface area contributed by atoms with Crippen LogP contribution in [0.4, 0.5) is 0 Å². The molecule has 4 rings (SSSR count). The summed E-state index contributed by atoms with van der Waals surface area (Å²) in [6.45, 7) is 8.46. The molecule has 2 saturated carbocycles. The fourth-order valence-corrected chi connectivity index (χ4v) is 15.4. The first-order valence-corrected chi connectivity index (χ1v) is 18.1. The van der Waals surface area contributed by atoms with E-state index >= 15 is 0 Å². The average molecular weight is 610 g/mol. The molecule has 35 heavy (non-hydrogen) atoms. The van der Waals surface area contributed by atoms with Crippen molar-refractivity contribution in [3.8, 4) is 11.5 Å². The number of hydrogen-bond donors (Lipinski definition) is 0. The molecule has 3 aliphatic carbocycles. The molecule has 0 spiro atoms. The standard InChI is InChI=1S/C30H44O2P.ClH.Pd/c1-22(2)31-27-19-13-20-28(32-23(3)4)30(27)26-18-11-12-21-29(26)33(24-14-7-5-8-15-24)25-16-9-6-10-17-25;;/h11-13,18-20,22-25H,5-10,14-17,21H2,1-4H3;1H;/q;;+1/p-1. The van der Waals surface area contributed by atoms with Crippen molar-refractivity contribution in [3.05, 3.63) is 42.0 Å². The fourth-order valence-electron chi connectivity index (χ4n) is 6.27. The third-order valence-corrected chi connectivity index (χ3v) is 15.9. The number of allylic oxidation sites excluding steroid dienone is 4. The van der Waals surface area contributed by atoms with Gasteiger partial charge >= 0.3 is 228 Å². The fraction of sp³-hybridized carbons (Fsp3) is 0.667. The average Bonchev–Trinajstić information content (AvgIpc) is 2.85. The third kappa shape index (κ3) is 6.40. The van der Waals surface area contributed by atoms with Gasteiger partial charge in [0.15, 0.2) is 0 Å². The normalized spacial score (nSPS) is 24.4. The van der Waals surface area contributed by atoms with Crippen molar-refractivity contribution >= 4 is 23.0 Å². The van der Waals surface area contributed by atoms with Crippen LogP contribution >= 0.6 is 17.5 Å². The molecule has 0 bridgehead atoms. The first-order valence-electron chi connectivity index (χ1n) is 13.8. The van der Waals surface area contributed by atoms with Crippen molar-refractivity contribution in [2.45, 2.75) is 125 Å². The Morgan fingerprint density at radius 2 is 1.37 bits per heavy atom. The number of rotatable bonds is 9. The Morgan fingerprint density at radius 3 is 1.83 bits per heavy atom. The van der Waals surface area contributed by atoms with Crippen LogP contribution in [0.1, 0.15) is 104 Å².